The molecule has 0 aliphatic heterocycles. The predicted molar refractivity (Wildman–Crippen MR) is 75.2 cm³/mol. The number of anilines is 1. The van der Waals surface area contributed by atoms with Gasteiger partial charge in [0.05, 0.1) is 9.35 Å². The SMILES string of the molecule is Nc1noc(-c2csc(Br)c2)c1-c1cccnc1. The predicted octanol–water partition coefficient (Wildman–Crippen LogP) is 3.81. The van der Waals surface area contributed by atoms with Gasteiger partial charge in [0.15, 0.2) is 11.6 Å². The molecule has 0 aromatic carbocycles. The maximum atomic E-state index is 5.88. The van der Waals surface area contributed by atoms with Crippen molar-refractivity contribution >= 4 is 33.1 Å². The fourth-order valence-electron chi connectivity index (χ4n) is 1.72. The molecule has 0 bridgehead atoms. The fourth-order valence-corrected chi connectivity index (χ4v) is 2.85. The second kappa shape index (κ2) is 4.55. The van der Waals surface area contributed by atoms with E-state index in [0.29, 0.717) is 11.6 Å². The van der Waals surface area contributed by atoms with E-state index in [1.165, 1.54) is 0 Å². The molecule has 0 spiro atoms. The van der Waals surface area contributed by atoms with Crippen molar-refractivity contribution in [3.05, 3.63) is 39.8 Å². The quantitative estimate of drug-likeness (QED) is 0.779. The van der Waals surface area contributed by atoms with Crippen LogP contribution in [0, 0.1) is 0 Å². The number of aromatic nitrogens is 2. The lowest BCUT2D eigenvalue weighted by atomic mass is 10.1. The average molecular weight is 322 g/mol. The van der Waals surface area contributed by atoms with Crippen molar-refractivity contribution in [2.24, 2.45) is 0 Å². The van der Waals surface area contributed by atoms with Gasteiger partial charge >= 0.3 is 0 Å². The third-order valence-electron chi connectivity index (χ3n) is 2.50. The van der Waals surface area contributed by atoms with E-state index in [1.54, 1.807) is 23.7 Å². The summed E-state index contributed by atoms with van der Waals surface area (Å²) in [5.74, 6) is 1.04. The Balaban J connectivity index is 2.18. The van der Waals surface area contributed by atoms with Crippen molar-refractivity contribution in [2.45, 2.75) is 0 Å². The monoisotopic (exact) mass is 321 g/mol. The molecule has 4 nitrogen and oxygen atoms in total. The van der Waals surface area contributed by atoms with Crippen molar-refractivity contribution in [1.29, 1.82) is 0 Å². The zero-order chi connectivity index (χ0) is 12.5. The van der Waals surface area contributed by atoms with Gasteiger partial charge in [-0.1, -0.05) is 11.2 Å². The van der Waals surface area contributed by atoms with Crippen LogP contribution in [0.3, 0.4) is 0 Å². The summed E-state index contributed by atoms with van der Waals surface area (Å²) in [6, 6.07) is 5.76. The van der Waals surface area contributed by atoms with Crippen molar-refractivity contribution in [3.8, 4) is 22.5 Å². The molecule has 0 radical (unpaired) electrons. The Morgan fingerprint density at radius 2 is 2.22 bits per heavy atom. The highest BCUT2D eigenvalue weighted by molar-refractivity contribution is 9.11. The van der Waals surface area contributed by atoms with Gasteiger partial charge in [0.25, 0.3) is 0 Å². The van der Waals surface area contributed by atoms with E-state index in [1.807, 2.05) is 23.6 Å². The number of hydrogen-bond acceptors (Lipinski definition) is 5. The lowest BCUT2D eigenvalue weighted by molar-refractivity contribution is 0.436. The van der Waals surface area contributed by atoms with Crippen LogP contribution in [0.1, 0.15) is 0 Å². The molecule has 0 saturated carbocycles. The summed E-state index contributed by atoms with van der Waals surface area (Å²) >= 11 is 5.01. The normalized spacial score (nSPS) is 10.7. The minimum atomic E-state index is 0.375. The molecule has 3 aromatic rings. The highest BCUT2D eigenvalue weighted by Crippen LogP contribution is 2.38. The third kappa shape index (κ3) is 1.93. The molecule has 90 valence electrons. The van der Waals surface area contributed by atoms with Crippen LogP contribution in [0.15, 0.2) is 44.3 Å². The van der Waals surface area contributed by atoms with Crippen molar-refractivity contribution in [1.82, 2.24) is 10.1 Å². The molecule has 2 N–H and O–H groups in total. The molecule has 0 aliphatic rings. The second-order valence-corrected chi connectivity index (χ2v) is 5.94. The largest absolute Gasteiger partial charge is 0.380 e. The summed E-state index contributed by atoms with van der Waals surface area (Å²) < 4.78 is 6.36. The van der Waals surface area contributed by atoms with E-state index in [0.717, 1.165) is 20.5 Å². The number of halogens is 1. The third-order valence-corrected chi connectivity index (χ3v) is 4.00. The first kappa shape index (κ1) is 11.4. The summed E-state index contributed by atoms with van der Waals surface area (Å²) in [4.78, 5) is 4.09. The summed E-state index contributed by atoms with van der Waals surface area (Å²) in [6.45, 7) is 0. The molecule has 0 saturated heterocycles. The Bertz CT molecular complexity index is 678. The number of nitrogen functional groups attached to an aromatic ring is 1. The lowest BCUT2D eigenvalue weighted by Gasteiger charge is -1.99. The van der Waals surface area contributed by atoms with Gasteiger partial charge in [-0.3, -0.25) is 4.98 Å². The molecule has 3 heterocycles. The maximum Gasteiger partial charge on any atom is 0.177 e. The van der Waals surface area contributed by atoms with Crippen molar-refractivity contribution in [2.75, 3.05) is 5.73 Å². The molecule has 18 heavy (non-hydrogen) atoms. The number of thiophene rings is 1. The number of rotatable bonds is 2. The van der Waals surface area contributed by atoms with Gasteiger partial charge < -0.3 is 10.3 Å². The minimum Gasteiger partial charge on any atom is -0.380 e. The van der Waals surface area contributed by atoms with Gasteiger partial charge in [-0.25, -0.2) is 0 Å². The van der Waals surface area contributed by atoms with Crippen LogP contribution in [0.4, 0.5) is 5.82 Å². The van der Waals surface area contributed by atoms with Crippen LogP contribution in [-0.2, 0) is 0 Å². The zero-order valence-corrected chi connectivity index (χ0v) is 11.5. The Labute approximate surface area is 116 Å². The van der Waals surface area contributed by atoms with Crippen molar-refractivity contribution in [3.63, 3.8) is 0 Å². The van der Waals surface area contributed by atoms with Crippen LogP contribution in [0.5, 0.6) is 0 Å². The van der Waals surface area contributed by atoms with E-state index in [-0.39, 0.29) is 0 Å². The summed E-state index contributed by atoms with van der Waals surface area (Å²) in [5.41, 5.74) is 8.51. The Morgan fingerprint density at radius 3 is 2.89 bits per heavy atom. The Kier molecular flexibility index (Phi) is 2.89. The number of nitrogens with zero attached hydrogens (tertiary/aromatic N) is 2. The molecule has 6 heteroatoms. The first-order valence-corrected chi connectivity index (χ1v) is 6.83. The molecule has 0 fully saturated rings. The number of pyridine rings is 1. The van der Waals surface area contributed by atoms with Gasteiger partial charge in [0, 0.05) is 28.9 Å². The van der Waals surface area contributed by atoms with Gasteiger partial charge in [-0.05, 0) is 28.1 Å². The van der Waals surface area contributed by atoms with Gasteiger partial charge in [0.1, 0.15) is 0 Å². The van der Waals surface area contributed by atoms with E-state index in [4.69, 9.17) is 10.3 Å². The van der Waals surface area contributed by atoms with Crippen LogP contribution in [-0.4, -0.2) is 10.1 Å². The second-order valence-electron chi connectivity index (χ2n) is 3.65. The average Bonchev–Trinajstić information content (AvgIpc) is 2.96. The molecule has 0 atom stereocenters. The van der Waals surface area contributed by atoms with Crippen LogP contribution >= 0.6 is 27.3 Å². The van der Waals surface area contributed by atoms with Gasteiger partial charge in [-0.2, -0.15) is 0 Å². The molecule has 3 rings (SSSR count). The van der Waals surface area contributed by atoms with Crippen molar-refractivity contribution < 1.29 is 4.52 Å². The maximum absolute atomic E-state index is 5.88. The standard InChI is InChI=1S/C12H8BrN3OS/c13-9-4-8(6-18-9)11-10(12(14)16-17-11)7-2-1-3-15-5-7/h1-6H,(H2,14,16). The van der Waals surface area contributed by atoms with E-state index in [9.17, 15) is 0 Å². The van der Waals surface area contributed by atoms with E-state index >= 15 is 0 Å². The van der Waals surface area contributed by atoms with Crippen LogP contribution in [0.2, 0.25) is 0 Å². The Morgan fingerprint density at radius 1 is 1.33 bits per heavy atom. The van der Waals surface area contributed by atoms with Gasteiger partial charge in [-0.15, -0.1) is 11.3 Å². The molecular formula is C12H8BrN3OS. The zero-order valence-electron chi connectivity index (χ0n) is 9.13. The topological polar surface area (TPSA) is 64.9 Å². The minimum absolute atomic E-state index is 0.375. The van der Waals surface area contributed by atoms with E-state index in [2.05, 4.69) is 26.1 Å². The lowest BCUT2D eigenvalue weighted by Crippen LogP contribution is -1.88. The molecule has 0 amide bonds. The number of hydrogen-bond donors (Lipinski definition) is 1. The summed E-state index contributed by atoms with van der Waals surface area (Å²) in [7, 11) is 0. The highest BCUT2D eigenvalue weighted by atomic mass is 79.9. The molecule has 0 unspecified atom stereocenters. The first-order chi connectivity index (χ1) is 8.75. The molecule has 0 aliphatic carbocycles. The van der Waals surface area contributed by atoms with Gasteiger partial charge in [0.2, 0.25) is 0 Å². The van der Waals surface area contributed by atoms with Crippen LogP contribution < -0.4 is 5.73 Å². The number of nitrogens with two attached hydrogens (primary N) is 1. The highest BCUT2D eigenvalue weighted by Gasteiger charge is 2.18. The smallest absolute Gasteiger partial charge is 0.177 e. The first-order valence-electron chi connectivity index (χ1n) is 5.15. The summed E-state index contributed by atoms with van der Waals surface area (Å²) in [6.07, 6.45) is 3.46. The molecular weight excluding hydrogens is 314 g/mol. The molecule has 3 aromatic heterocycles. The van der Waals surface area contributed by atoms with E-state index < -0.39 is 0 Å². The van der Waals surface area contributed by atoms with Crippen LogP contribution in [0.25, 0.3) is 22.5 Å². The fraction of sp³-hybridized carbons (Fsp3) is 0. The Hall–Kier alpha value is -1.66. The summed E-state index contributed by atoms with van der Waals surface area (Å²) in [5, 5.41) is 5.83.